The van der Waals surface area contributed by atoms with E-state index >= 15 is 0 Å². The van der Waals surface area contributed by atoms with Gasteiger partial charge in [-0.05, 0) is 19.9 Å². The Morgan fingerprint density at radius 3 is 2.92 bits per heavy atom. The number of carbonyl (C=O) groups is 1. The van der Waals surface area contributed by atoms with Gasteiger partial charge < -0.3 is 10.0 Å². The summed E-state index contributed by atoms with van der Waals surface area (Å²) in [6.07, 6.45) is 0.676. The molecule has 9 heteroatoms. The van der Waals surface area contributed by atoms with E-state index in [2.05, 4.69) is 15.2 Å². The number of hydrogen-bond donors (Lipinski definition) is 2. The Balaban J connectivity index is 1.65. The minimum absolute atomic E-state index is 0.0306. The summed E-state index contributed by atoms with van der Waals surface area (Å²) in [5.74, 6) is -0.356. The van der Waals surface area contributed by atoms with Crippen LogP contribution in [0.15, 0.2) is 23.1 Å². The van der Waals surface area contributed by atoms with Crippen LogP contribution in [0.1, 0.15) is 40.5 Å². The number of carbonyl (C=O) groups excluding carboxylic acids is 1. The highest BCUT2D eigenvalue weighted by Gasteiger charge is 2.26. The molecule has 0 radical (unpaired) electrons. The van der Waals surface area contributed by atoms with Gasteiger partial charge in [0, 0.05) is 24.5 Å². The number of aromatic nitrogens is 5. The van der Waals surface area contributed by atoms with Gasteiger partial charge in [-0.2, -0.15) is 5.10 Å². The topological polar surface area (TPSA) is 109 Å². The zero-order valence-electron chi connectivity index (χ0n) is 13.9. The number of aliphatic hydroxyl groups is 1. The van der Waals surface area contributed by atoms with Crippen molar-refractivity contribution in [2.45, 2.75) is 33.0 Å². The highest BCUT2D eigenvalue weighted by molar-refractivity contribution is 5.93. The molecule has 1 aliphatic rings. The van der Waals surface area contributed by atoms with E-state index in [1.807, 2.05) is 6.92 Å². The van der Waals surface area contributed by atoms with Crippen molar-refractivity contribution in [1.29, 1.82) is 0 Å². The molecule has 1 unspecified atom stereocenters. The molecule has 1 amide bonds. The SMILES string of the molecule is Cc1cc2ncc(C(=O)N3CCn4nc(C(C)O)cc4C3)c(=O)n2[nH]1. The molecule has 0 aromatic carbocycles. The van der Waals surface area contributed by atoms with Crippen LogP contribution >= 0.6 is 0 Å². The first-order valence-electron chi connectivity index (χ1n) is 8.05. The van der Waals surface area contributed by atoms with E-state index in [9.17, 15) is 14.7 Å². The fraction of sp³-hybridized carbons (Fsp3) is 0.375. The van der Waals surface area contributed by atoms with Gasteiger partial charge in [0.2, 0.25) is 0 Å². The van der Waals surface area contributed by atoms with Crippen molar-refractivity contribution in [2.24, 2.45) is 0 Å². The maximum absolute atomic E-state index is 12.8. The van der Waals surface area contributed by atoms with E-state index in [1.54, 1.807) is 28.6 Å². The number of nitrogens with one attached hydrogen (secondary N) is 1. The monoisotopic (exact) mass is 342 g/mol. The van der Waals surface area contributed by atoms with Crippen LogP contribution in [0.2, 0.25) is 0 Å². The molecule has 1 atom stereocenters. The number of aryl methyl sites for hydroxylation is 1. The third-order valence-corrected chi connectivity index (χ3v) is 4.38. The van der Waals surface area contributed by atoms with Crippen LogP contribution in [-0.4, -0.2) is 46.8 Å². The molecule has 130 valence electrons. The zero-order valence-corrected chi connectivity index (χ0v) is 13.9. The van der Waals surface area contributed by atoms with Crippen molar-refractivity contribution in [1.82, 2.24) is 29.3 Å². The molecule has 0 spiro atoms. The van der Waals surface area contributed by atoms with Crippen molar-refractivity contribution in [3.63, 3.8) is 0 Å². The lowest BCUT2D eigenvalue weighted by Crippen LogP contribution is -2.41. The standard InChI is InChI=1S/C16H18N6O3/c1-9-5-14-17-7-12(16(25)22(14)18-9)15(24)20-3-4-21-11(8-20)6-13(19-21)10(2)23/h5-7,10,18,23H,3-4,8H2,1-2H3. The summed E-state index contributed by atoms with van der Waals surface area (Å²) >= 11 is 0. The summed E-state index contributed by atoms with van der Waals surface area (Å²) in [6, 6.07) is 3.53. The molecule has 0 saturated carbocycles. The van der Waals surface area contributed by atoms with Crippen LogP contribution in [0.4, 0.5) is 0 Å². The molecule has 3 aromatic heterocycles. The quantitative estimate of drug-likeness (QED) is 0.693. The number of rotatable bonds is 2. The van der Waals surface area contributed by atoms with Crippen LogP contribution in [0.3, 0.4) is 0 Å². The number of amides is 1. The summed E-state index contributed by atoms with van der Waals surface area (Å²) in [5, 5.41) is 16.9. The molecular weight excluding hydrogens is 324 g/mol. The molecule has 9 nitrogen and oxygen atoms in total. The van der Waals surface area contributed by atoms with Crippen LogP contribution in [0, 0.1) is 6.92 Å². The van der Waals surface area contributed by atoms with E-state index in [4.69, 9.17) is 0 Å². The van der Waals surface area contributed by atoms with Crippen molar-refractivity contribution in [3.8, 4) is 0 Å². The second-order valence-corrected chi connectivity index (χ2v) is 6.30. The number of hydrogen-bond acceptors (Lipinski definition) is 5. The Morgan fingerprint density at radius 2 is 2.16 bits per heavy atom. The molecule has 3 aromatic rings. The molecule has 4 heterocycles. The average molecular weight is 342 g/mol. The molecule has 4 rings (SSSR count). The second kappa shape index (κ2) is 5.55. The summed E-state index contributed by atoms with van der Waals surface area (Å²) in [6.45, 7) is 4.77. The van der Waals surface area contributed by atoms with Crippen molar-refractivity contribution < 1.29 is 9.90 Å². The summed E-state index contributed by atoms with van der Waals surface area (Å²) in [4.78, 5) is 31.1. The molecule has 0 bridgehead atoms. The molecular formula is C16H18N6O3. The van der Waals surface area contributed by atoms with Crippen LogP contribution in [-0.2, 0) is 13.1 Å². The van der Waals surface area contributed by atoms with Gasteiger partial charge in [-0.25, -0.2) is 9.50 Å². The summed E-state index contributed by atoms with van der Waals surface area (Å²) in [7, 11) is 0. The number of H-pyrrole nitrogens is 1. The first-order chi connectivity index (χ1) is 11.9. The summed E-state index contributed by atoms with van der Waals surface area (Å²) < 4.78 is 3.07. The zero-order chi connectivity index (χ0) is 17.7. The Hall–Kier alpha value is -2.94. The lowest BCUT2D eigenvalue weighted by molar-refractivity contribution is 0.0703. The van der Waals surface area contributed by atoms with E-state index in [0.717, 1.165) is 11.4 Å². The molecule has 25 heavy (non-hydrogen) atoms. The van der Waals surface area contributed by atoms with E-state index in [-0.39, 0.29) is 11.5 Å². The average Bonchev–Trinajstić information content (AvgIpc) is 3.17. The van der Waals surface area contributed by atoms with Crippen molar-refractivity contribution in [2.75, 3.05) is 6.54 Å². The number of aliphatic hydroxyl groups excluding tert-OH is 1. The Morgan fingerprint density at radius 1 is 1.36 bits per heavy atom. The fourth-order valence-electron chi connectivity index (χ4n) is 3.06. The number of aromatic amines is 1. The van der Waals surface area contributed by atoms with E-state index in [1.165, 1.54) is 10.7 Å². The Labute approximate surface area is 142 Å². The minimum Gasteiger partial charge on any atom is -0.387 e. The van der Waals surface area contributed by atoms with E-state index in [0.29, 0.717) is 31.0 Å². The predicted octanol–water partition coefficient (Wildman–Crippen LogP) is 0.237. The van der Waals surface area contributed by atoms with Gasteiger partial charge in [-0.3, -0.25) is 19.4 Å². The van der Waals surface area contributed by atoms with Crippen LogP contribution < -0.4 is 5.56 Å². The van der Waals surface area contributed by atoms with Gasteiger partial charge in [0.25, 0.3) is 11.5 Å². The van der Waals surface area contributed by atoms with Gasteiger partial charge in [-0.15, -0.1) is 0 Å². The largest absolute Gasteiger partial charge is 0.387 e. The third-order valence-electron chi connectivity index (χ3n) is 4.38. The smallest absolute Gasteiger partial charge is 0.285 e. The lowest BCUT2D eigenvalue weighted by Gasteiger charge is -2.27. The Bertz CT molecular complexity index is 1030. The molecule has 1 aliphatic heterocycles. The highest BCUT2D eigenvalue weighted by atomic mass is 16.3. The van der Waals surface area contributed by atoms with Gasteiger partial charge in [0.15, 0.2) is 5.65 Å². The van der Waals surface area contributed by atoms with Gasteiger partial charge in [-0.1, -0.05) is 0 Å². The molecule has 2 N–H and O–H groups in total. The second-order valence-electron chi connectivity index (χ2n) is 6.30. The number of nitrogens with zero attached hydrogens (tertiary/aromatic N) is 5. The fourth-order valence-corrected chi connectivity index (χ4v) is 3.06. The maximum Gasteiger partial charge on any atom is 0.285 e. The van der Waals surface area contributed by atoms with Crippen LogP contribution in [0.5, 0.6) is 0 Å². The molecule has 0 aliphatic carbocycles. The van der Waals surface area contributed by atoms with E-state index < -0.39 is 11.7 Å². The molecule has 0 saturated heterocycles. The number of fused-ring (bicyclic) bond motifs is 2. The van der Waals surface area contributed by atoms with Crippen molar-refractivity contribution >= 4 is 11.6 Å². The predicted molar refractivity (Wildman–Crippen MR) is 88.2 cm³/mol. The van der Waals surface area contributed by atoms with Gasteiger partial charge in [0.1, 0.15) is 5.56 Å². The lowest BCUT2D eigenvalue weighted by atomic mass is 10.2. The van der Waals surface area contributed by atoms with Gasteiger partial charge in [0.05, 0.1) is 30.6 Å². The summed E-state index contributed by atoms with van der Waals surface area (Å²) in [5.41, 5.74) is 2.31. The van der Waals surface area contributed by atoms with Crippen LogP contribution in [0.25, 0.3) is 5.65 Å². The Kier molecular flexibility index (Phi) is 3.46. The first kappa shape index (κ1) is 15.6. The third kappa shape index (κ3) is 2.52. The normalized spacial score (nSPS) is 15.4. The highest BCUT2D eigenvalue weighted by Crippen LogP contribution is 2.18. The minimum atomic E-state index is -0.658. The van der Waals surface area contributed by atoms with Crippen molar-refractivity contribution in [3.05, 3.63) is 51.3 Å². The van der Waals surface area contributed by atoms with Gasteiger partial charge >= 0.3 is 0 Å². The molecule has 0 fully saturated rings. The maximum atomic E-state index is 12.8. The first-order valence-corrected chi connectivity index (χ1v) is 8.05.